The number of rotatable bonds is 6. The molecule has 1 heterocycles. The van der Waals surface area contributed by atoms with Crippen molar-refractivity contribution in [3.63, 3.8) is 0 Å². The lowest BCUT2D eigenvalue weighted by molar-refractivity contribution is 0.0982. The minimum Gasteiger partial charge on any atom is -0.497 e. The number of halogens is 1. The maximum Gasteiger partial charge on any atom is 0.269 e. The van der Waals surface area contributed by atoms with Crippen LogP contribution in [0.3, 0.4) is 0 Å². The average Bonchev–Trinajstić information content (AvgIpc) is 3.14. The number of thiophene rings is 1. The maximum absolute atomic E-state index is 12.7. The smallest absolute Gasteiger partial charge is 0.269 e. The Balaban J connectivity index is 1.40. The summed E-state index contributed by atoms with van der Waals surface area (Å²) in [5, 5.41) is 7.06. The zero-order valence-electron chi connectivity index (χ0n) is 17.1. The van der Waals surface area contributed by atoms with Crippen LogP contribution < -0.4 is 20.1 Å². The van der Waals surface area contributed by atoms with E-state index < -0.39 is 0 Å². The fraction of sp³-hybridized carbons (Fsp3) is 0.0833. The number of ether oxygens (including phenoxy) is 2. The second kappa shape index (κ2) is 9.99. The Morgan fingerprint density at radius 2 is 1.84 bits per heavy atom. The Labute approximate surface area is 199 Å². The van der Waals surface area contributed by atoms with Crippen LogP contribution in [0.4, 0.5) is 5.69 Å². The molecule has 3 aromatic carbocycles. The number of nitrogens with one attached hydrogen (secondary N) is 2. The van der Waals surface area contributed by atoms with Gasteiger partial charge < -0.3 is 14.8 Å². The van der Waals surface area contributed by atoms with E-state index in [0.29, 0.717) is 33.7 Å². The van der Waals surface area contributed by atoms with E-state index in [1.807, 2.05) is 72.8 Å². The van der Waals surface area contributed by atoms with Crippen LogP contribution in [0.5, 0.6) is 11.5 Å². The first kappa shape index (κ1) is 22.1. The standard InChI is InChI=1S/C24H19ClN2O3S2/c1-29-17-10-11-19-20(13-17)32-22(21(19)25)23(28)27-24(31)26-16-8-5-9-18(12-16)30-14-15-6-3-2-4-7-15/h2-13H,14H2,1H3,(H2,26,27,28,31). The lowest BCUT2D eigenvalue weighted by atomic mass is 10.2. The summed E-state index contributed by atoms with van der Waals surface area (Å²) in [5.74, 6) is 1.02. The van der Waals surface area contributed by atoms with Crippen LogP contribution in [0.15, 0.2) is 72.8 Å². The highest BCUT2D eigenvalue weighted by atomic mass is 35.5. The summed E-state index contributed by atoms with van der Waals surface area (Å²) in [6.45, 7) is 0.459. The van der Waals surface area contributed by atoms with Gasteiger partial charge in [-0.25, -0.2) is 0 Å². The minimum atomic E-state index is -0.371. The Hall–Kier alpha value is -3.13. The van der Waals surface area contributed by atoms with Gasteiger partial charge in [-0.1, -0.05) is 48.0 Å². The molecule has 0 bridgehead atoms. The quantitative estimate of drug-likeness (QED) is 0.317. The topological polar surface area (TPSA) is 59.6 Å². The maximum atomic E-state index is 12.7. The summed E-state index contributed by atoms with van der Waals surface area (Å²) in [5.41, 5.74) is 1.78. The van der Waals surface area contributed by atoms with Gasteiger partial charge in [0.2, 0.25) is 0 Å². The van der Waals surface area contributed by atoms with Gasteiger partial charge in [-0.15, -0.1) is 11.3 Å². The van der Waals surface area contributed by atoms with Gasteiger partial charge in [0.1, 0.15) is 23.0 Å². The molecule has 1 aromatic heterocycles. The predicted octanol–water partition coefficient (Wildman–Crippen LogP) is 6.27. The fourth-order valence-electron chi connectivity index (χ4n) is 3.05. The molecular formula is C24H19ClN2O3S2. The number of hydrogen-bond donors (Lipinski definition) is 2. The molecule has 0 aliphatic rings. The van der Waals surface area contributed by atoms with E-state index in [0.717, 1.165) is 15.6 Å². The highest BCUT2D eigenvalue weighted by Crippen LogP contribution is 2.37. The van der Waals surface area contributed by atoms with Crippen molar-refractivity contribution in [2.24, 2.45) is 0 Å². The van der Waals surface area contributed by atoms with E-state index in [9.17, 15) is 4.79 Å². The number of fused-ring (bicyclic) bond motifs is 1. The van der Waals surface area contributed by atoms with Crippen molar-refractivity contribution in [3.8, 4) is 11.5 Å². The number of carbonyl (C=O) groups is 1. The van der Waals surface area contributed by atoms with Crippen LogP contribution >= 0.6 is 35.2 Å². The summed E-state index contributed by atoms with van der Waals surface area (Å²) < 4.78 is 11.9. The molecule has 1 amide bonds. The van der Waals surface area contributed by atoms with Gasteiger partial charge in [-0.2, -0.15) is 0 Å². The van der Waals surface area contributed by atoms with Crippen LogP contribution in [0.25, 0.3) is 10.1 Å². The number of hydrogen-bond acceptors (Lipinski definition) is 5. The Bertz CT molecular complexity index is 1270. The molecule has 162 valence electrons. The third-order valence-electron chi connectivity index (χ3n) is 4.61. The summed E-state index contributed by atoms with van der Waals surface area (Å²) >= 11 is 13.0. The van der Waals surface area contributed by atoms with Gasteiger partial charge in [0, 0.05) is 21.8 Å². The zero-order valence-corrected chi connectivity index (χ0v) is 19.4. The minimum absolute atomic E-state index is 0.168. The molecule has 0 aliphatic carbocycles. The monoisotopic (exact) mass is 482 g/mol. The molecule has 2 N–H and O–H groups in total. The van der Waals surface area contributed by atoms with E-state index >= 15 is 0 Å². The third-order valence-corrected chi connectivity index (χ3v) is 6.47. The molecule has 0 spiro atoms. The number of methoxy groups -OCH3 is 1. The van der Waals surface area contributed by atoms with E-state index in [1.54, 1.807) is 7.11 Å². The lowest BCUT2D eigenvalue weighted by Gasteiger charge is -2.11. The molecule has 4 aromatic rings. The number of benzene rings is 3. The van der Waals surface area contributed by atoms with Crippen molar-refractivity contribution in [2.45, 2.75) is 6.61 Å². The molecule has 0 aliphatic heterocycles. The summed E-state index contributed by atoms with van der Waals surface area (Å²) in [7, 11) is 1.59. The predicted molar refractivity (Wildman–Crippen MR) is 134 cm³/mol. The first-order valence-corrected chi connectivity index (χ1v) is 11.3. The Kier molecular flexibility index (Phi) is 6.90. The van der Waals surface area contributed by atoms with Crippen LogP contribution in [0.2, 0.25) is 5.02 Å². The van der Waals surface area contributed by atoms with Crippen molar-refractivity contribution in [1.29, 1.82) is 0 Å². The van der Waals surface area contributed by atoms with Gasteiger partial charge in [0.25, 0.3) is 5.91 Å². The van der Waals surface area contributed by atoms with Gasteiger partial charge in [-0.3, -0.25) is 10.1 Å². The van der Waals surface area contributed by atoms with E-state index in [4.69, 9.17) is 33.3 Å². The Morgan fingerprint density at radius 1 is 1.03 bits per heavy atom. The summed E-state index contributed by atoms with van der Waals surface area (Å²) in [6.07, 6.45) is 0. The van der Waals surface area contributed by atoms with E-state index in [-0.39, 0.29) is 11.0 Å². The van der Waals surface area contributed by atoms with Crippen molar-refractivity contribution in [1.82, 2.24) is 5.32 Å². The first-order valence-electron chi connectivity index (χ1n) is 9.68. The molecule has 5 nitrogen and oxygen atoms in total. The molecule has 0 unspecified atom stereocenters. The van der Waals surface area contributed by atoms with Crippen LogP contribution in [-0.4, -0.2) is 18.1 Å². The van der Waals surface area contributed by atoms with Crippen LogP contribution in [-0.2, 0) is 6.61 Å². The molecule has 0 fully saturated rings. The number of amides is 1. The van der Waals surface area contributed by atoms with Gasteiger partial charge in [-0.05, 0) is 48.1 Å². The first-order chi connectivity index (χ1) is 15.5. The van der Waals surface area contributed by atoms with Gasteiger partial charge in [0.15, 0.2) is 5.11 Å². The highest BCUT2D eigenvalue weighted by molar-refractivity contribution is 7.80. The lowest BCUT2D eigenvalue weighted by Crippen LogP contribution is -2.33. The SMILES string of the molecule is COc1ccc2c(Cl)c(C(=O)NC(=S)Nc3cccc(OCc4ccccc4)c3)sc2c1. The van der Waals surface area contributed by atoms with E-state index in [1.165, 1.54) is 11.3 Å². The normalized spacial score (nSPS) is 10.6. The summed E-state index contributed by atoms with van der Waals surface area (Å²) in [6, 6.07) is 22.8. The van der Waals surface area contributed by atoms with Crippen molar-refractivity contribution < 1.29 is 14.3 Å². The molecule has 0 saturated heterocycles. The molecular weight excluding hydrogens is 464 g/mol. The highest BCUT2D eigenvalue weighted by Gasteiger charge is 2.18. The zero-order chi connectivity index (χ0) is 22.5. The largest absolute Gasteiger partial charge is 0.497 e. The molecule has 0 atom stereocenters. The van der Waals surface area contributed by atoms with Crippen molar-refractivity contribution >= 4 is 61.9 Å². The second-order valence-electron chi connectivity index (χ2n) is 6.82. The molecule has 4 rings (SSSR count). The van der Waals surface area contributed by atoms with E-state index in [2.05, 4.69) is 10.6 Å². The fourth-order valence-corrected chi connectivity index (χ4v) is 4.70. The van der Waals surface area contributed by atoms with Gasteiger partial charge >= 0.3 is 0 Å². The van der Waals surface area contributed by atoms with Gasteiger partial charge in [0.05, 0.1) is 12.1 Å². The van der Waals surface area contributed by atoms with Crippen molar-refractivity contribution in [3.05, 3.63) is 88.3 Å². The molecule has 0 radical (unpaired) electrons. The third kappa shape index (κ3) is 5.19. The molecule has 8 heteroatoms. The molecule has 32 heavy (non-hydrogen) atoms. The molecule has 0 saturated carbocycles. The number of anilines is 1. The van der Waals surface area contributed by atoms with Crippen LogP contribution in [0.1, 0.15) is 15.2 Å². The number of carbonyl (C=O) groups excluding carboxylic acids is 1. The van der Waals surface area contributed by atoms with Crippen molar-refractivity contribution in [2.75, 3.05) is 12.4 Å². The summed E-state index contributed by atoms with van der Waals surface area (Å²) in [4.78, 5) is 13.1. The number of thiocarbonyl (C=S) groups is 1. The average molecular weight is 483 g/mol. The Morgan fingerprint density at radius 3 is 2.62 bits per heavy atom. The van der Waals surface area contributed by atoms with Crippen LogP contribution in [0, 0.1) is 0 Å². The second-order valence-corrected chi connectivity index (χ2v) is 8.66.